The number of carboxylic acid groups (broad SMARTS) is 1. The molecular formula is C27H35N5O3. The zero-order valence-corrected chi connectivity index (χ0v) is 21.3. The van der Waals surface area contributed by atoms with Crippen LogP contribution < -0.4 is 4.90 Å². The summed E-state index contributed by atoms with van der Waals surface area (Å²) in [7, 11) is 0. The minimum Gasteiger partial charge on any atom is -0.481 e. The standard InChI is InChI=1S/C27H35N5O3/c1-6-8-21(26(33)34)22-18(5)28-27(29-23(22)19-12-10-17(4)11-13-19)32-14-7-9-20(15-32)25-30-24(16(2)3)31-35-25/h10-13,16,20-21H,6-9,14-15H2,1-5H3,(H,33,34). The molecule has 1 aliphatic heterocycles. The monoisotopic (exact) mass is 477 g/mol. The molecule has 2 unspecified atom stereocenters. The van der Waals surface area contributed by atoms with Crippen molar-refractivity contribution in [3.8, 4) is 11.3 Å². The summed E-state index contributed by atoms with van der Waals surface area (Å²) in [5, 5.41) is 14.2. The summed E-state index contributed by atoms with van der Waals surface area (Å²) in [5.74, 6) is 0.860. The van der Waals surface area contributed by atoms with Crippen molar-refractivity contribution in [1.82, 2.24) is 20.1 Å². The molecule has 2 aromatic heterocycles. The van der Waals surface area contributed by atoms with Gasteiger partial charge in [-0.05, 0) is 33.1 Å². The first-order valence-electron chi connectivity index (χ1n) is 12.5. The molecule has 1 saturated heterocycles. The third-order valence-electron chi connectivity index (χ3n) is 6.70. The maximum Gasteiger partial charge on any atom is 0.311 e. The number of piperidine rings is 1. The number of benzene rings is 1. The molecule has 1 N–H and O–H groups in total. The van der Waals surface area contributed by atoms with Crippen molar-refractivity contribution >= 4 is 11.9 Å². The van der Waals surface area contributed by atoms with E-state index in [1.54, 1.807) is 0 Å². The van der Waals surface area contributed by atoms with Crippen LogP contribution in [-0.4, -0.2) is 44.3 Å². The van der Waals surface area contributed by atoms with Crippen LogP contribution in [0.1, 0.15) is 92.7 Å². The van der Waals surface area contributed by atoms with Gasteiger partial charge in [0.1, 0.15) is 0 Å². The van der Waals surface area contributed by atoms with Crippen molar-refractivity contribution < 1.29 is 14.4 Å². The molecule has 3 heterocycles. The Morgan fingerprint density at radius 2 is 1.91 bits per heavy atom. The zero-order valence-electron chi connectivity index (χ0n) is 21.3. The lowest BCUT2D eigenvalue weighted by Gasteiger charge is -2.32. The van der Waals surface area contributed by atoms with Gasteiger partial charge in [-0.3, -0.25) is 4.79 Å². The van der Waals surface area contributed by atoms with Crippen LogP contribution in [-0.2, 0) is 4.79 Å². The van der Waals surface area contributed by atoms with E-state index in [-0.39, 0.29) is 11.8 Å². The Morgan fingerprint density at radius 1 is 1.17 bits per heavy atom. The highest BCUT2D eigenvalue weighted by Gasteiger charge is 2.31. The topological polar surface area (TPSA) is 105 Å². The number of rotatable bonds is 8. The highest BCUT2D eigenvalue weighted by molar-refractivity contribution is 5.81. The quantitative estimate of drug-likeness (QED) is 0.446. The van der Waals surface area contributed by atoms with E-state index in [1.165, 1.54) is 0 Å². The maximum absolute atomic E-state index is 12.2. The van der Waals surface area contributed by atoms with Crippen LogP contribution in [0.15, 0.2) is 28.8 Å². The molecule has 1 fully saturated rings. The molecule has 0 aliphatic carbocycles. The van der Waals surface area contributed by atoms with E-state index < -0.39 is 11.9 Å². The van der Waals surface area contributed by atoms with E-state index in [1.807, 2.05) is 45.0 Å². The zero-order chi connectivity index (χ0) is 25.1. The summed E-state index contributed by atoms with van der Waals surface area (Å²) < 4.78 is 5.59. The lowest BCUT2D eigenvalue weighted by atomic mass is 9.89. The van der Waals surface area contributed by atoms with Crippen molar-refractivity contribution in [2.24, 2.45) is 0 Å². The largest absolute Gasteiger partial charge is 0.481 e. The van der Waals surface area contributed by atoms with Gasteiger partial charge in [0.2, 0.25) is 11.8 Å². The Morgan fingerprint density at radius 3 is 2.54 bits per heavy atom. The van der Waals surface area contributed by atoms with Gasteiger partial charge in [-0.25, -0.2) is 9.97 Å². The lowest BCUT2D eigenvalue weighted by Crippen LogP contribution is -2.36. The molecule has 8 nitrogen and oxygen atoms in total. The number of aryl methyl sites for hydroxylation is 2. The van der Waals surface area contributed by atoms with Crippen LogP contribution in [0.4, 0.5) is 5.95 Å². The number of aromatic nitrogens is 4. The van der Waals surface area contributed by atoms with Crippen molar-refractivity contribution in [2.75, 3.05) is 18.0 Å². The van der Waals surface area contributed by atoms with Crippen LogP contribution in [0.5, 0.6) is 0 Å². The molecule has 0 amide bonds. The molecule has 0 spiro atoms. The van der Waals surface area contributed by atoms with Gasteiger partial charge in [0.15, 0.2) is 5.82 Å². The molecule has 0 radical (unpaired) electrons. The molecule has 186 valence electrons. The Kier molecular flexibility index (Phi) is 7.48. The summed E-state index contributed by atoms with van der Waals surface area (Å²) >= 11 is 0. The summed E-state index contributed by atoms with van der Waals surface area (Å²) in [4.78, 5) is 28.8. The van der Waals surface area contributed by atoms with Crippen molar-refractivity contribution in [2.45, 2.75) is 78.1 Å². The van der Waals surface area contributed by atoms with Crippen LogP contribution in [0.25, 0.3) is 11.3 Å². The number of hydrogen-bond acceptors (Lipinski definition) is 7. The molecule has 8 heteroatoms. The molecule has 0 saturated carbocycles. The van der Waals surface area contributed by atoms with Gasteiger partial charge < -0.3 is 14.5 Å². The average Bonchev–Trinajstić information content (AvgIpc) is 3.34. The molecule has 2 atom stereocenters. The van der Waals surface area contributed by atoms with Gasteiger partial charge in [0.25, 0.3) is 0 Å². The third-order valence-corrected chi connectivity index (χ3v) is 6.70. The molecule has 1 aromatic carbocycles. The van der Waals surface area contributed by atoms with Gasteiger partial charge in [0.05, 0.1) is 17.5 Å². The Bertz CT molecular complexity index is 1170. The Hall–Kier alpha value is -3.29. The van der Waals surface area contributed by atoms with Gasteiger partial charge in [0, 0.05) is 35.8 Å². The molecule has 35 heavy (non-hydrogen) atoms. The van der Waals surface area contributed by atoms with E-state index in [2.05, 4.69) is 28.9 Å². The van der Waals surface area contributed by atoms with E-state index in [4.69, 9.17) is 14.5 Å². The second kappa shape index (κ2) is 10.5. The summed E-state index contributed by atoms with van der Waals surface area (Å²) in [6.45, 7) is 11.5. The minimum absolute atomic E-state index is 0.113. The van der Waals surface area contributed by atoms with Crippen molar-refractivity contribution in [3.05, 3.63) is 52.8 Å². The molecular weight excluding hydrogens is 442 g/mol. The predicted molar refractivity (Wildman–Crippen MR) is 135 cm³/mol. The number of hydrogen-bond donors (Lipinski definition) is 1. The number of carbonyl (C=O) groups is 1. The van der Waals surface area contributed by atoms with E-state index in [0.29, 0.717) is 41.8 Å². The molecule has 3 aromatic rings. The second-order valence-electron chi connectivity index (χ2n) is 9.85. The summed E-state index contributed by atoms with van der Waals surface area (Å²) in [5.41, 5.74) is 4.18. The van der Waals surface area contributed by atoms with Crippen LogP contribution in [0, 0.1) is 13.8 Å². The minimum atomic E-state index is -0.838. The van der Waals surface area contributed by atoms with Gasteiger partial charge in [-0.2, -0.15) is 4.98 Å². The van der Waals surface area contributed by atoms with Crippen molar-refractivity contribution in [3.63, 3.8) is 0 Å². The van der Waals surface area contributed by atoms with Gasteiger partial charge >= 0.3 is 5.97 Å². The first-order valence-corrected chi connectivity index (χ1v) is 12.5. The van der Waals surface area contributed by atoms with Crippen LogP contribution in [0.2, 0.25) is 0 Å². The lowest BCUT2D eigenvalue weighted by molar-refractivity contribution is -0.139. The van der Waals surface area contributed by atoms with Crippen LogP contribution in [0.3, 0.4) is 0 Å². The highest BCUT2D eigenvalue weighted by Crippen LogP contribution is 2.36. The van der Waals surface area contributed by atoms with E-state index >= 15 is 0 Å². The molecule has 4 rings (SSSR count). The van der Waals surface area contributed by atoms with Gasteiger partial charge in [-0.1, -0.05) is 62.2 Å². The fourth-order valence-corrected chi connectivity index (χ4v) is 4.74. The SMILES string of the molecule is CCCC(C(=O)O)c1c(C)nc(N2CCCC(c3nc(C(C)C)no3)C2)nc1-c1ccc(C)cc1. The van der Waals surface area contributed by atoms with Crippen molar-refractivity contribution in [1.29, 1.82) is 0 Å². The molecule has 0 bridgehead atoms. The average molecular weight is 478 g/mol. The molecule has 1 aliphatic rings. The van der Waals surface area contributed by atoms with E-state index in [0.717, 1.165) is 42.8 Å². The third kappa shape index (κ3) is 5.36. The highest BCUT2D eigenvalue weighted by atomic mass is 16.5. The van der Waals surface area contributed by atoms with E-state index in [9.17, 15) is 9.90 Å². The number of anilines is 1. The number of carboxylic acids is 1. The normalized spacial score (nSPS) is 17.1. The fourth-order valence-electron chi connectivity index (χ4n) is 4.74. The second-order valence-corrected chi connectivity index (χ2v) is 9.85. The summed E-state index contributed by atoms with van der Waals surface area (Å²) in [6.07, 6.45) is 3.23. The first-order chi connectivity index (χ1) is 16.8. The Labute approximate surface area is 206 Å². The predicted octanol–water partition coefficient (Wildman–Crippen LogP) is 5.62. The number of aliphatic carboxylic acids is 1. The first kappa shape index (κ1) is 24.8. The summed E-state index contributed by atoms with van der Waals surface area (Å²) in [6, 6.07) is 8.09. The Balaban J connectivity index is 1.73. The van der Waals surface area contributed by atoms with Gasteiger partial charge in [-0.15, -0.1) is 0 Å². The number of nitrogens with zero attached hydrogens (tertiary/aromatic N) is 5. The smallest absolute Gasteiger partial charge is 0.311 e. The fraction of sp³-hybridized carbons (Fsp3) is 0.519. The van der Waals surface area contributed by atoms with Crippen LogP contribution >= 0.6 is 0 Å². The maximum atomic E-state index is 12.2.